The van der Waals surface area contributed by atoms with Crippen LogP contribution in [0.25, 0.3) is 32.8 Å². The van der Waals surface area contributed by atoms with Crippen molar-refractivity contribution in [2.75, 3.05) is 0 Å². The molecule has 0 spiro atoms. The van der Waals surface area contributed by atoms with Gasteiger partial charge in [0.25, 0.3) is 0 Å². The molecule has 0 fully saturated rings. The second-order valence-electron chi connectivity index (χ2n) is 6.11. The molecule has 2 aromatic heterocycles. The van der Waals surface area contributed by atoms with Crippen LogP contribution >= 0.6 is 0 Å². The Bertz CT molecular complexity index is 1260. The van der Waals surface area contributed by atoms with Crippen molar-refractivity contribution in [1.82, 2.24) is 9.55 Å². The molecular formula is C20H16FN3O. The topological polar surface area (TPSA) is 61.6 Å². The van der Waals surface area contributed by atoms with Crippen molar-refractivity contribution in [3.8, 4) is 6.07 Å². The van der Waals surface area contributed by atoms with E-state index in [1.54, 1.807) is 24.3 Å². The van der Waals surface area contributed by atoms with E-state index in [0.717, 1.165) is 10.9 Å². The van der Waals surface area contributed by atoms with Gasteiger partial charge in [0.05, 0.1) is 22.5 Å². The minimum Gasteiger partial charge on any atom is -0.340 e. The predicted octanol–water partition coefficient (Wildman–Crippen LogP) is 4.23. The van der Waals surface area contributed by atoms with Crippen molar-refractivity contribution in [2.45, 2.75) is 26.8 Å². The highest BCUT2D eigenvalue weighted by Crippen LogP contribution is 2.28. The number of nitrogens with zero attached hydrogens (tertiary/aromatic N) is 2. The molecule has 0 bridgehead atoms. The van der Waals surface area contributed by atoms with Gasteiger partial charge in [0.1, 0.15) is 11.5 Å². The van der Waals surface area contributed by atoms with E-state index in [1.807, 2.05) is 18.4 Å². The first-order chi connectivity index (χ1) is 12.1. The summed E-state index contributed by atoms with van der Waals surface area (Å²) < 4.78 is 16.2. The number of benzene rings is 2. The van der Waals surface area contributed by atoms with Crippen molar-refractivity contribution in [1.29, 1.82) is 5.26 Å². The van der Waals surface area contributed by atoms with Gasteiger partial charge in [-0.3, -0.25) is 4.79 Å². The zero-order chi connectivity index (χ0) is 17.7. The van der Waals surface area contributed by atoms with E-state index in [2.05, 4.69) is 11.1 Å². The Morgan fingerprint density at radius 3 is 2.68 bits per heavy atom. The summed E-state index contributed by atoms with van der Waals surface area (Å²) in [6.07, 6.45) is 0.533. The first kappa shape index (κ1) is 15.4. The van der Waals surface area contributed by atoms with Gasteiger partial charge in [0, 0.05) is 22.8 Å². The van der Waals surface area contributed by atoms with Crippen molar-refractivity contribution >= 4 is 32.8 Å². The Balaban J connectivity index is 2.28. The summed E-state index contributed by atoms with van der Waals surface area (Å²) in [6.45, 7) is 4.42. The molecule has 0 saturated heterocycles. The number of halogens is 1. The summed E-state index contributed by atoms with van der Waals surface area (Å²) in [4.78, 5) is 16.4. The Kier molecular flexibility index (Phi) is 3.36. The predicted molar refractivity (Wildman–Crippen MR) is 97.3 cm³/mol. The van der Waals surface area contributed by atoms with E-state index in [4.69, 9.17) is 5.26 Å². The fraction of sp³-hybridized carbons (Fsp3) is 0.200. The van der Waals surface area contributed by atoms with E-state index >= 15 is 0 Å². The lowest BCUT2D eigenvalue weighted by atomic mass is 10.0. The van der Waals surface area contributed by atoms with Crippen molar-refractivity contribution in [3.63, 3.8) is 0 Å². The van der Waals surface area contributed by atoms with Crippen LogP contribution in [0.1, 0.15) is 25.0 Å². The van der Waals surface area contributed by atoms with Crippen LogP contribution in [0.3, 0.4) is 0 Å². The Labute approximate surface area is 143 Å². The number of nitriles is 1. The van der Waals surface area contributed by atoms with Gasteiger partial charge in [-0.2, -0.15) is 5.26 Å². The fourth-order valence-corrected chi connectivity index (χ4v) is 3.55. The number of hydrogen-bond acceptors (Lipinski definition) is 2. The third-order valence-corrected chi connectivity index (χ3v) is 4.80. The van der Waals surface area contributed by atoms with E-state index in [-0.39, 0.29) is 11.2 Å². The van der Waals surface area contributed by atoms with Gasteiger partial charge < -0.3 is 9.55 Å². The summed E-state index contributed by atoms with van der Waals surface area (Å²) in [6, 6.07) is 10.5. The van der Waals surface area contributed by atoms with E-state index in [0.29, 0.717) is 46.0 Å². The van der Waals surface area contributed by atoms with Crippen LogP contribution in [0.5, 0.6) is 0 Å². The summed E-state index contributed by atoms with van der Waals surface area (Å²) in [5, 5.41) is 11.0. The molecule has 0 atom stereocenters. The molecule has 2 heterocycles. The van der Waals surface area contributed by atoms with E-state index < -0.39 is 0 Å². The number of aromatic nitrogens is 2. The highest BCUT2D eigenvalue weighted by molar-refractivity contribution is 6.09. The zero-order valence-corrected chi connectivity index (χ0v) is 14.0. The standard InChI is InChI=1S/C20H16FN3O/c1-3-12-8-14-17(9-15(12)21)24(4-2)20-18(19(14)25)13-6-5-11(10-22)7-16(13)23-20/h5-9,23H,3-4H2,1-2H3. The molecule has 0 unspecified atom stereocenters. The largest absolute Gasteiger partial charge is 0.340 e. The molecule has 0 aliphatic heterocycles. The van der Waals surface area contributed by atoms with Crippen molar-refractivity contribution in [3.05, 3.63) is 57.5 Å². The van der Waals surface area contributed by atoms with Crippen LogP contribution in [0, 0.1) is 17.1 Å². The van der Waals surface area contributed by atoms with Crippen LogP contribution < -0.4 is 5.43 Å². The first-order valence-electron chi connectivity index (χ1n) is 8.29. The lowest BCUT2D eigenvalue weighted by Gasteiger charge is -2.12. The Hall–Kier alpha value is -3.13. The smallest absolute Gasteiger partial charge is 0.199 e. The second-order valence-corrected chi connectivity index (χ2v) is 6.11. The lowest BCUT2D eigenvalue weighted by molar-refractivity contribution is 0.612. The minimum atomic E-state index is -0.293. The maximum atomic E-state index is 14.3. The quantitative estimate of drug-likeness (QED) is 0.597. The van der Waals surface area contributed by atoms with Gasteiger partial charge in [-0.15, -0.1) is 0 Å². The van der Waals surface area contributed by atoms with Crippen molar-refractivity contribution in [2.24, 2.45) is 0 Å². The Morgan fingerprint density at radius 2 is 2.00 bits per heavy atom. The zero-order valence-electron chi connectivity index (χ0n) is 14.0. The number of aromatic amines is 1. The summed E-state index contributed by atoms with van der Waals surface area (Å²) in [7, 11) is 0. The van der Waals surface area contributed by atoms with Gasteiger partial charge >= 0.3 is 0 Å². The molecular weight excluding hydrogens is 317 g/mol. The van der Waals surface area contributed by atoms with Crippen LogP contribution in [0.2, 0.25) is 0 Å². The number of pyridine rings is 1. The number of rotatable bonds is 2. The Morgan fingerprint density at radius 1 is 1.20 bits per heavy atom. The SMILES string of the molecule is CCc1cc2c(=O)c3c4ccc(C#N)cc4[nH]c3n(CC)c2cc1F. The first-order valence-corrected chi connectivity index (χ1v) is 8.29. The molecule has 0 aliphatic rings. The highest BCUT2D eigenvalue weighted by Gasteiger charge is 2.17. The molecule has 2 aromatic carbocycles. The number of fused-ring (bicyclic) bond motifs is 4. The third kappa shape index (κ3) is 2.07. The summed E-state index contributed by atoms with van der Waals surface area (Å²) >= 11 is 0. The van der Waals surface area contributed by atoms with Gasteiger partial charge in [-0.25, -0.2) is 4.39 Å². The third-order valence-electron chi connectivity index (χ3n) is 4.80. The highest BCUT2D eigenvalue weighted by atomic mass is 19.1. The van der Waals surface area contributed by atoms with E-state index in [9.17, 15) is 9.18 Å². The average molecular weight is 333 g/mol. The number of nitrogens with one attached hydrogen (secondary N) is 1. The van der Waals surface area contributed by atoms with Crippen LogP contribution in [-0.2, 0) is 13.0 Å². The van der Waals surface area contributed by atoms with E-state index in [1.165, 1.54) is 6.07 Å². The van der Waals surface area contributed by atoms with Crippen LogP contribution in [0.4, 0.5) is 4.39 Å². The van der Waals surface area contributed by atoms with Gasteiger partial charge in [-0.05, 0) is 43.2 Å². The summed E-state index contributed by atoms with van der Waals surface area (Å²) in [5.41, 5.74) is 2.94. The van der Waals surface area contributed by atoms with Crippen LogP contribution in [0.15, 0.2) is 35.1 Å². The molecule has 4 nitrogen and oxygen atoms in total. The molecule has 1 N–H and O–H groups in total. The van der Waals surface area contributed by atoms with Gasteiger partial charge in [0.15, 0.2) is 5.43 Å². The molecule has 0 aliphatic carbocycles. The molecule has 4 aromatic rings. The molecule has 0 amide bonds. The molecule has 124 valence electrons. The maximum Gasteiger partial charge on any atom is 0.199 e. The normalized spacial score (nSPS) is 11.4. The lowest BCUT2D eigenvalue weighted by Crippen LogP contribution is -2.11. The molecule has 25 heavy (non-hydrogen) atoms. The molecule has 0 saturated carbocycles. The molecule has 5 heteroatoms. The fourth-order valence-electron chi connectivity index (χ4n) is 3.55. The minimum absolute atomic E-state index is 0.111. The molecule has 0 radical (unpaired) electrons. The summed E-state index contributed by atoms with van der Waals surface area (Å²) in [5.74, 6) is -0.293. The second kappa shape index (κ2) is 5.45. The van der Waals surface area contributed by atoms with Crippen molar-refractivity contribution < 1.29 is 4.39 Å². The van der Waals surface area contributed by atoms with Crippen LogP contribution in [-0.4, -0.2) is 9.55 Å². The number of H-pyrrole nitrogens is 1. The number of aryl methyl sites for hydroxylation is 2. The molecule has 4 rings (SSSR count). The van der Waals surface area contributed by atoms with Gasteiger partial charge in [0.2, 0.25) is 0 Å². The number of hydrogen-bond donors (Lipinski definition) is 1. The average Bonchev–Trinajstić information content (AvgIpc) is 3.00. The monoisotopic (exact) mass is 333 g/mol. The van der Waals surface area contributed by atoms with Gasteiger partial charge in [-0.1, -0.05) is 13.0 Å². The maximum absolute atomic E-state index is 14.3.